The van der Waals surface area contributed by atoms with Gasteiger partial charge in [-0.2, -0.15) is 0 Å². The first-order chi connectivity index (χ1) is 8.19. The van der Waals surface area contributed by atoms with Gasteiger partial charge in [0.1, 0.15) is 0 Å². The molecule has 98 valence electrons. The Morgan fingerprint density at radius 3 is 2.44 bits per heavy atom. The van der Waals surface area contributed by atoms with Gasteiger partial charge in [-0.05, 0) is 23.6 Å². The van der Waals surface area contributed by atoms with Crippen molar-refractivity contribution in [2.45, 2.75) is 27.2 Å². The predicted molar refractivity (Wildman–Crippen MR) is 71.1 cm³/mol. The second-order valence-corrected chi connectivity index (χ2v) is 5.72. The molecular weight excluding hydrogens is 254 g/mol. The lowest BCUT2D eigenvalue weighted by Gasteiger charge is -2.17. The number of carbonyl (C=O) groups is 2. The van der Waals surface area contributed by atoms with Gasteiger partial charge in [-0.1, -0.05) is 32.4 Å². The number of amides is 1. The Balaban J connectivity index is 2.93. The summed E-state index contributed by atoms with van der Waals surface area (Å²) in [5, 5.41) is 12.0. The molecule has 0 heterocycles. The maximum Gasteiger partial charge on any atom is 0.337 e. The lowest BCUT2D eigenvalue weighted by Crippen LogP contribution is -2.20. The van der Waals surface area contributed by atoms with Gasteiger partial charge >= 0.3 is 5.97 Å². The second kappa shape index (κ2) is 5.40. The third-order valence-corrected chi connectivity index (χ3v) is 2.41. The Bertz CT molecular complexity index is 478. The quantitative estimate of drug-likeness (QED) is 0.884. The van der Waals surface area contributed by atoms with Crippen molar-refractivity contribution in [3.05, 3.63) is 28.8 Å². The van der Waals surface area contributed by atoms with Gasteiger partial charge in [0.05, 0.1) is 11.3 Å². The van der Waals surface area contributed by atoms with Crippen molar-refractivity contribution in [2.24, 2.45) is 5.41 Å². The van der Waals surface area contributed by atoms with Crippen molar-refractivity contribution >= 4 is 29.2 Å². The molecule has 0 saturated carbocycles. The summed E-state index contributed by atoms with van der Waals surface area (Å²) >= 11 is 5.79. The van der Waals surface area contributed by atoms with Crippen LogP contribution < -0.4 is 5.32 Å². The van der Waals surface area contributed by atoms with Crippen LogP contribution >= 0.6 is 11.6 Å². The molecule has 0 spiro atoms. The number of hydrogen-bond acceptors (Lipinski definition) is 2. The molecule has 0 radical (unpaired) electrons. The van der Waals surface area contributed by atoms with Gasteiger partial charge in [-0.25, -0.2) is 4.79 Å². The molecule has 1 aromatic rings. The third kappa shape index (κ3) is 4.37. The van der Waals surface area contributed by atoms with Gasteiger partial charge in [0.25, 0.3) is 0 Å². The van der Waals surface area contributed by atoms with Gasteiger partial charge in [-0.15, -0.1) is 0 Å². The van der Waals surface area contributed by atoms with Crippen LogP contribution in [0.2, 0.25) is 5.02 Å². The largest absolute Gasteiger partial charge is 0.478 e. The maximum atomic E-state index is 11.8. The molecule has 2 N–H and O–H groups in total. The molecule has 5 heteroatoms. The van der Waals surface area contributed by atoms with Gasteiger partial charge in [0.2, 0.25) is 5.91 Å². The Morgan fingerprint density at radius 2 is 1.94 bits per heavy atom. The summed E-state index contributed by atoms with van der Waals surface area (Å²) < 4.78 is 0. The van der Waals surface area contributed by atoms with Gasteiger partial charge in [-0.3, -0.25) is 4.79 Å². The number of nitrogens with one attached hydrogen (secondary N) is 1. The van der Waals surface area contributed by atoms with Gasteiger partial charge in [0.15, 0.2) is 0 Å². The van der Waals surface area contributed by atoms with E-state index in [1.165, 1.54) is 18.2 Å². The first-order valence-electron chi connectivity index (χ1n) is 5.52. The SMILES string of the molecule is CC(C)(C)CC(=O)Nc1cc(Cl)ccc1C(=O)O. The molecule has 0 aromatic heterocycles. The first kappa shape index (κ1) is 14.5. The van der Waals surface area contributed by atoms with Crippen LogP contribution in [-0.2, 0) is 4.79 Å². The highest BCUT2D eigenvalue weighted by Crippen LogP contribution is 2.24. The van der Waals surface area contributed by atoms with Crippen molar-refractivity contribution < 1.29 is 14.7 Å². The van der Waals surface area contributed by atoms with E-state index in [0.717, 1.165) is 0 Å². The zero-order chi connectivity index (χ0) is 13.9. The molecular formula is C13H16ClNO3. The monoisotopic (exact) mass is 269 g/mol. The molecule has 4 nitrogen and oxygen atoms in total. The van der Waals surface area contributed by atoms with Crippen LogP contribution in [0, 0.1) is 5.41 Å². The van der Waals surface area contributed by atoms with E-state index in [4.69, 9.17) is 16.7 Å². The molecule has 0 aliphatic heterocycles. The van der Waals surface area contributed by atoms with Crippen molar-refractivity contribution in [1.82, 2.24) is 0 Å². The van der Waals surface area contributed by atoms with E-state index in [1.54, 1.807) is 0 Å². The maximum absolute atomic E-state index is 11.8. The van der Waals surface area contributed by atoms with E-state index < -0.39 is 5.97 Å². The molecule has 0 saturated heterocycles. The topological polar surface area (TPSA) is 66.4 Å². The minimum Gasteiger partial charge on any atom is -0.478 e. The Kier molecular flexibility index (Phi) is 4.35. The van der Waals surface area contributed by atoms with E-state index in [0.29, 0.717) is 11.4 Å². The number of carboxylic acid groups (broad SMARTS) is 1. The number of aromatic carboxylic acids is 1. The van der Waals surface area contributed by atoms with Crippen molar-refractivity contribution in [2.75, 3.05) is 5.32 Å². The number of carbonyl (C=O) groups excluding carboxylic acids is 1. The Hall–Kier alpha value is -1.55. The third-order valence-electron chi connectivity index (χ3n) is 2.18. The van der Waals surface area contributed by atoms with Crippen molar-refractivity contribution in [1.29, 1.82) is 0 Å². The lowest BCUT2D eigenvalue weighted by molar-refractivity contribution is -0.117. The highest BCUT2D eigenvalue weighted by atomic mass is 35.5. The zero-order valence-corrected chi connectivity index (χ0v) is 11.3. The first-order valence-corrected chi connectivity index (χ1v) is 5.89. The average molecular weight is 270 g/mol. The average Bonchev–Trinajstić information content (AvgIpc) is 2.13. The molecule has 0 unspecified atom stereocenters. The Labute approximate surface area is 111 Å². The molecule has 0 bridgehead atoms. The van der Waals surface area contributed by atoms with Gasteiger partial charge < -0.3 is 10.4 Å². The summed E-state index contributed by atoms with van der Waals surface area (Å²) in [6, 6.07) is 4.29. The minimum atomic E-state index is -1.10. The van der Waals surface area contributed by atoms with E-state index in [2.05, 4.69) is 5.32 Å². The lowest BCUT2D eigenvalue weighted by atomic mass is 9.92. The molecule has 0 atom stereocenters. The smallest absolute Gasteiger partial charge is 0.337 e. The fourth-order valence-electron chi connectivity index (χ4n) is 1.48. The molecule has 18 heavy (non-hydrogen) atoms. The van der Waals surface area contributed by atoms with E-state index in [9.17, 15) is 9.59 Å². The fraction of sp³-hybridized carbons (Fsp3) is 0.385. The number of halogens is 1. The van der Waals surface area contributed by atoms with E-state index in [-0.39, 0.29) is 22.6 Å². The van der Waals surface area contributed by atoms with E-state index >= 15 is 0 Å². The van der Waals surface area contributed by atoms with Crippen LogP contribution in [0.15, 0.2) is 18.2 Å². The highest BCUT2D eigenvalue weighted by Gasteiger charge is 2.18. The number of rotatable bonds is 3. The normalized spacial score (nSPS) is 11.1. The molecule has 1 aromatic carbocycles. The predicted octanol–water partition coefficient (Wildman–Crippen LogP) is 3.41. The minimum absolute atomic E-state index is 0.0293. The summed E-state index contributed by atoms with van der Waals surface area (Å²) in [4.78, 5) is 22.8. The van der Waals surface area contributed by atoms with Crippen LogP contribution in [0.1, 0.15) is 37.6 Å². The zero-order valence-electron chi connectivity index (χ0n) is 10.6. The number of benzene rings is 1. The van der Waals surface area contributed by atoms with Crippen molar-refractivity contribution in [3.63, 3.8) is 0 Å². The van der Waals surface area contributed by atoms with Crippen molar-refractivity contribution in [3.8, 4) is 0 Å². The van der Waals surface area contributed by atoms with E-state index in [1.807, 2.05) is 20.8 Å². The molecule has 1 rings (SSSR count). The van der Waals surface area contributed by atoms with Gasteiger partial charge in [0, 0.05) is 11.4 Å². The Morgan fingerprint density at radius 1 is 1.33 bits per heavy atom. The highest BCUT2D eigenvalue weighted by molar-refractivity contribution is 6.31. The van der Waals surface area contributed by atoms with Crippen LogP contribution in [0.5, 0.6) is 0 Å². The summed E-state index contributed by atoms with van der Waals surface area (Å²) in [6.45, 7) is 5.80. The summed E-state index contributed by atoms with van der Waals surface area (Å²) in [5.41, 5.74) is 0.0948. The summed E-state index contributed by atoms with van der Waals surface area (Å²) in [7, 11) is 0. The summed E-state index contributed by atoms with van der Waals surface area (Å²) in [5.74, 6) is -1.33. The van der Waals surface area contributed by atoms with Crippen LogP contribution in [0.4, 0.5) is 5.69 Å². The molecule has 0 fully saturated rings. The van der Waals surface area contributed by atoms with Crippen LogP contribution in [0.3, 0.4) is 0 Å². The fourth-order valence-corrected chi connectivity index (χ4v) is 1.65. The van der Waals surface area contributed by atoms with Crippen LogP contribution in [0.25, 0.3) is 0 Å². The summed E-state index contributed by atoms with van der Waals surface area (Å²) in [6.07, 6.45) is 0.304. The number of hydrogen-bond donors (Lipinski definition) is 2. The standard InChI is InChI=1S/C13H16ClNO3/c1-13(2,3)7-11(16)15-10-6-8(14)4-5-9(10)12(17)18/h4-6H,7H2,1-3H3,(H,15,16)(H,17,18). The number of carboxylic acids is 1. The second-order valence-electron chi connectivity index (χ2n) is 5.28. The molecule has 0 aliphatic rings. The van der Waals surface area contributed by atoms with Crippen LogP contribution in [-0.4, -0.2) is 17.0 Å². The number of anilines is 1. The molecule has 0 aliphatic carbocycles. The molecule has 1 amide bonds.